The summed E-state index contributed by atoms with van der Waals surface area (Å²) in [5.74, 6) is 1.26. The Bertz CT molecular complexity index is 1840. The summed E-state index contributed by atoms with van der Waals surface area (Å²) in [6.45, 7) is 2.42. The summed E-state index contributed by atoms with van der Waals surface area (Å²) in [5, 5.41) is 1.27. The first-order chi connectivity index (χ1) is 19.2. The topological polar surface area (TPSA) is 17.8 Å². The Hall–Kier alpha value is -4.34. The zero-order chi connectivity index (χ0) is 26.0. The average Bonchev–Trinajstić information content (AvgIpc) is 3.50. The molecular formula is C36H26N2S. The molecule has 4 aromatic carbocycles. The third-order valence-corrected chi connectivity index (χ3v) is 9.69. The van der Waals surface area contributed by atoms with Crippen LogP contribution < -0.4 is 0 Å². The smallest absolute Gasteiger partial charge is 0.138 e. The summed E-state index contributed by atoms with van der Waals surface area (Å²) in [5.41, 5.74) is 9.70. The molecule has 8 rings (SSSR count). The molecular weight excluding hydrogens is 492 g/mol. The first-order valence-corrected chi connectivity index (χ1v) is 14.3. The van der Waals surface area contributed by atoms with Crippen molar-refractivity contribution in [3.05, 3.63) is 144 Å². The van der Waals surface area contributed by atoms with Gasteiger partial charge in [-0.25, -0.2) is 4.98 Å². The summed E-state index contributed by atoms with van der Waals surface area (Å²) >= 11 is 1.99. The molecule has 39 heavy (non-hydrogen) atoms. The highest BCUT2D eigenvalue weighted by Crippen LogP contribution is 2.63. The average molecular weight is 519 g/mol. The fourth-order valence-corrected chi connectivity index (χ4v) is 7.99. The summed E-state index contributed by atoms with van der Waals surface area (Å²) in [7, 11) is 0. The van der Waals surface area contributed by atoms with Gasteiger partial charge in [0.25, 0.3) is 0 Å². The third kappa shape index (κ3) is 3.40. The largest absolute Gasteiger partial charge is 0.296 e. The molecule has 0 bridgehead atoms. The van der Waals surface area contributed by atoms with Gasteiger partial charge in [-0.15, -0.1) is 11.8 Å². The van der Waals surface area contributed by atoms with Crippen molar-refractivity contribution < 1.29 is 0 Å². The molecule has 0 amide bonds. The van der Waals surface area contributed by atoms with Crippen LogP contribution in [-0.4, -0.2) is 9.55 Å². The van der Waals surface area contributed by atoms with Gasteiger partial charge in [-0.2, -0.15) is 0 Å². The molecule has 0 radical (unpaired) electrons. The van der Waals surface area contributed by atoms with Crippen LogP contribution in [0.1, 0.15) is 29.7 Å². The monoisotopic (exact) mass is 518 g/mol. The normalized spacial score (nSPS) is 19.1. The number of hydrogen-bond donors (Lipinski definition) is 0. The highest BCUT2D eigenvalue weighted by atomic mass is 32.2. The fraction of sp³-hybridized carbons (Fsp3) is 0.0833. The van der Waals surface area contributed by atoms with Crippen molar-refractivity contribution >= 4 is 28.7 Å². The van der Waals surface area contributed by atoms with Crippen LogP contribution in [-0.2, 0) is 4.75 Å². The van der Waals surface area contributed by atoms with Crippen LogP contribution >= 0.6 is 11.8 Å². The van der Waals surface area contributed by atoms with Gasteiger partial charge in [-0.05, 0) is 47.9 Å². The second-order valence-corrected chi connectivity index (χ2v) is 12.0. The highest BCUT2D eigenvalue weighted by molar-refractivity contribution is 8.00. The van der Waals surface area contributed by atoms with Crippen molar-refractivity contribution in [1.29, 1.82) is 0 Å². The van der Waals surface area contributed by atoms with Crippen LogP contribution in [0.15, 0.2) is 132 Å². The maximum absolute atomic E-state index is 5.35. The van der Waals surface area contributed by atoms with Gasteiger partial charge < -0.3 is 0 Å². The Balaban J connectivity index is 1.44. The molecule has 3 heteroatoms. The lowest BCUT2D eigenvalue weighted by Crippen LogP contribution is -2.28. The van der Waals surface area contributed by atoms with Crippen molar-refractivity contribution in [3.8, 4) is 28.2 Å². The van der Waals surface area contributed by atoms with E-state index in [1.165, 1.54) is 43.7 Å². The van der Waals surface area contributed by atoms with E-state index < -0.39 is 0 Å². The van der Waals surface area contributed by atoms with Crippen LogP contribution in [0.4, 0.5) is 0 Å². The van der Waals surface area contributed by atoms with E-state index in [0.29, 0.717) is 5.92 Å². The van der Waals surface area contributed by atoms with Gasteiger partial charge in [0.2, 0.25) is 0 Å². The van der Waals surface area contributed by atoms with Crippen molar-refractivity contribution in [1.82, 2.24) is 9.55 Å². The van der Waals surface area contributed by atoms with Gasteiger partial charge in [0.1, 0.15) is 5.82 Å². The lowest BCUT2D eigenvalue weighted by Gasteiger charge is -2.34. The molecule has 2 atom stereocenters. The number of hydrogen-bond acceptors (Lipinski definition) is 2. The minimum Gasteiger partial charge on any atom is -0.296 e. The number of aromatic nitrogens is 2. The van der Waals surface area contributed by atoms with Crippen LogP contribution in [0.3, 0.4) is 0 Å². The summed E-state index contributed by atoms with van der Waals surface area (Å²) < 4.78 is 2.29. The molecule has 0 fully saturated rings. The van der Waals surface area contributed by atoms with Crippen molar-refractivity contribution in [2.24, 2.45) is 0 Å². The minimum absolute atomic E-state index is 0.149. The molecule has 2 nitrogen and oxygen atoms in total. The molecule has 1 aliphatic carbocycles. The summed E-state index contributed by atoms with van der Waals surface area (Å²) in [6.07, 6.45) is 4.77. The van der Waals surface area contributed by atoms with Crippen LogP contribution in [0.25, 0.3) is 45.2 Å². The number of thioether (sulfide) groups is 1. The number of rotatable bonds is 3. The molecule has 6 aromatic rings. The van der Waals surface area contributed by atoms with Crippen molar-refractivity contribution in [3.63, 3.8) is 0 Å². The van der Waals surface area contributed by atoms with E-state index in [9.17, 15) is 0 Å². The number of allylic oxidation sites excluding steroid dienone is 1. The molecule has 2 unspecified atom stereocenters. The van der Waals surface area contributed by atoms with E-state index in [2.05, 4.69) is 145 Å². The predicted molar refractivity (Wildman–Crippen MR) is 163 cm³/mol. The maximum atomic E-state index is 5.35. The maximum Gasteiger partial charge on any atom is 0.138 e. The van der Waals surface area contributed by atoms with E-state index >= 15 is 0 Å². The Morgan fingerprint density at radius 3 is 2.23 bits per heavy atom. The second-order valence-electron chi connectivity index (χ2n) is 10.5. The standard InChI is InChI=1S/C36H26N2S/c1-36-30(29-17-9-11-19-33(29)39-36)21-20-28-27-16-8-10-18-32(27)38(35(28)36)34-23-26(24-12-4-2-5-13-24)22-31(37-34)25-14-6-3-7-15-25/h2-23,30H,1H3. The molecule has 0 saturated heterocycles. The van der Waals surface area contributed by atoms with Crippen LogP contribution in [0, 0.1) is 0 Å². The number of fused-ring (bicyclic) bond motifs is 7. The Morgan fingerprint density at radius 2 is 1.41 bits per heavy atom. The molecule has 1 aliphatic heterocycles. The van der Waals surface area contributed by atoms with Crippen LogP contribution in [0.2, 0.25) is 0 Å². The number of pyridine rings is 1. The molecule has 0 spiro atoms. The predicted octanol–water partition coefficient (Wildman–Crippen LogP) is 9.49. The summed E-state index contributed by atoms with van der Waals surface area (Å²) in [6, 6.07) is 43.3. The number of nitrogens with zero attached hydrogens (tertiary/aromatic N) is 2. The van der Waals surface area contributed by atoms with Crippen molar-refractivity contribution in [2.75, 3.05) is 0 Å². The molecule has 0 N–H and O–H groups in total. The van der Waals surface area contributed by atoms with Crippen molar-refractivity contribution in [2.45, 2.75) is 22.5 Å². The number of para-hydroxylation sites is 1. The zero-order valence-corrected chi connectivity index (χ0v) is 22.4. The quantitative estimate of drug-likeness (QED) is 0.232. The Labute approximate surface area is 232 Å². The lowest BCUT2D eigenvalue weighted by molar-refractivity contribution is 0.592. The zero-order valence-electron chi connectivity index (χ0n) is 21.6. The minimum atomic E-state index is -0.149. The highest BCUT2D eigenvalue weighted by Gasteiger charge is 2.49. The molecule has 2 aromatic heterocycles. The lowest BCUT2D eigenvalue weighted by atomic mass is 9.79. The first-order valence-electron chi connectivity index (χ1n) is 13.4. The van der Waals surface area contributed by atoms with E-state index in [4.69, 9.17) is 4.98 Å². The van der Waals surface area contributed by atoms with Gasteiger partial charge in [0.15, 0.2) is 0 Å². The Kier molecular flexibility index (Phi) is 4.98. The number of benzene rings is 4. The molecule has 186 valence electrons. The van der Waals surface area contributed by atoms with E-state index in [1.807, 2.05) is 11.8 Å². The van der Waals surface area contributed by atoms with Gasteiger partial charge in [-0.3, -0.25) is 4.57 Å². The van der Waals surface area contributed by atoms with Gasteiger partial charge in [0.05, 0.1) is 16.0 Å². The van der Waals surface area contributed by atoms with Gasteiger partial charge in [0, 0.05) is 33.0 Å². The van der Waals surface area contributed by atoms with E-state index in [0.717, 1.165) is 17.1 Å². The molecule has 2 aliphatic rings. The molecule has 0 saturated carbocycles. The van der Waals surface area contributed by atoms with Gasteiger partial charge in [-0.1, -0.05) is 109 Å². The summed E-state index contributed by atoms with van der Waals surface area (Å²) in [4.78, 5) is 6.72. The third-order valence-electron chi connectivity index (χ3n) is 8.23. The van der Waals surface area contributed by atoms with E-state index in [1.54, 1.807) is 0 Å². The molecule has 3 heterocycles. The Morgan fingerprint density at radius 1 is 0.718 bits per heavy atom. The van der Waals surface area contributed by atoms with E-state index in [-0.39, 0.29) is 4.75 Å². The van der Waals surface area contributed by atoms with Gasteiger partial charge >= 0.3 is 0 Å². The second kappa shape index (κ2) is 8.59. The van der Waals surface area contributed by atoms with Crippen LogP contribution in [0.5, 0.6) is 0 Å². The SMILES string of the molecule is CC12Sc3ccccc3C1C=Cc1c2n(-c2cc(-c3ccccc3)cc(-c3ccccc3)n2)c2ccccc12. The first kappa shape index (κ1) is 22.6. The fourth-order valence-electron chi connectivity index (χ4n) is 6.44.